The summed E-state index contributed by atoms with van der Waals surface area (Å²) >= 11 is 1.02. The zero-order valence-electron chi connectivity index (χ0n) is 22.8. The Morgan fingerprint density at radius 3 is 2.61 bits per heavy atom. The Morgan fingerprint density at radius 2 is 1.86 bits per heavy atom. The van der Waals surface area contributed by atoms with Crippen molar-refractivity contribution < 1.29 is 40.7 Å². The first-order chi connectivity index (χ1) is 20.7. The van der Waals surface area contributed by atoms with Gasteiger partial charge in [-0.2, -0.15) is 0 Å². The summed E-state index contributed by atoms with van der Waals surface area (Å²) in [5.41, 5.74) is 0.264. The van der Waals surface area contributed by atoms with Crippen LogP contribution in [-0.4, -0.2) is 54.5 Å². The number of alkyl halides is 6. The number of pyridine rings is 1. The van der Waals surface area contributed by atoms with Crippen LogP contribution in [0.1, 0.15) is 45.5 Å². The summed E-state index contributed by atoms with van der Waals surface area (Å²) in [4.78, 5) is 28.4. The Morgan fingerprint density at radius 1 is 1.07 bits per heavy atom. The van der Waals surface area contributed by atoms with Gasteiger partial charge in [-0.05, 0) is 35.7 Å². The second-order valence-corrected chi connectivity index (χ2v) is 10.6. The fourth-order valence-electron chi connectivity index (χ4n) is 3.77. The van der Waals surface area contributed by atoms with E-state index in [1.165, 1.54) is 30.6 Å². The molecule has 1 atom stereocenters. The molecule has 0 bridgehead atoms. The molecular formula is C26H24F6N8O3S. The summed E-state index contributed by atoms with van der Waals surface area (Å²) in [6.07, 6.45) is -2.67. The highest BCUT2D eigenvalue weighted by atomic mass is 32.1. The number of carbonyl (C=O) groups excluding carboxylic acids is 2. The van der Waals surface area contributed by atoms with E-state index in [2.05, 4.69) is 40.9 Å². The van der Waals surface area contributed by atoms with Crippen molar-refractivity contribution in [3.63, 3.8) is 0 Å². The van der Waals surface area contributed by atoms with Gasteiger partial charge in [0.05, 0.1) is 19.2 Å². The number of rotatable bonds is 13. The second-order valence-electron chi connectivity index (χ2n) is 9.54. The lowest BCUT2D eigenvalue weighted by molar-refractivity contribution is -0.274. The number of hydrogen-bond acceptors (Lipinski definition) is 9. The first kappa shape index (κ1) is 32.3. The van der Waals surface area contributed by atoms with Gasteiger partial charge in [0.25, 0.3) is 11.8 Å². The minimum Gasteiger partial charge on any atom is -0.406 e. The molecule has 234 valence electrons. The maximum atomic E-state index is 14.6. The molecule has 44 heavy (non-hydrogen) atoms. The topological polar surface area (TPSA) is 137 Å². The zero-order chi connectivity index (χ0) is 31.9. The van der Waals surface area contributed by atoms with Gasteiger partial charge in [0.1, 0.15) is 16.9 Å². The van der Waals surface area contributed by atoms with Crippen LogP contribution in [0.15, 0.2) is 48.9 Å². The molecule has 4 rings (SSSR count). The van der Waals surface area contributed by atoms with Crippen molar-refractivity contribution in [3.05, 3.63) is 76.3 Å². The quantitative estimate of drug-likeness (QED) is 0.202. The van der Waals surface area contributed by atoms with Crippen LogP contribution < -0.4 is 15.4 Å². The summed E-state index contributed by atoms with van der Waals surface area (Å²) in [5, 5.41) is 20.8. The largest absolute Gasteiger partial charge is 0.573 e. The van der Waals surface area contributed by atoms with Crippen LogP contribution in [0.5, 0.6) is 5.75 Å². The van der Waals surface area contributed by atoms with E-state index in [1.54, 1.807) is 0 Å². The predicted octanol–water partition coefficient (Wildman–Crippen LogP) is 4.62. The number of benzene rings is 1. The fourth-order valence-corrected chi connectivity index (χ4v) is 4.54. The first-order valence-corrected chi connectivity index (χ1v) is 13.7. The third-order valence-electron chi connectivity index (χ3n) is 5.79. The van der Waals surface area contributed by atoms with E-state index >= 15 is 0 Å². The van der Waals surface area contributed by atoms with Crippen molar-refractivity contribution >= 4 is 28.3 Å². The molecule has 2 amide bonds. The summed E-state index contributed by atoms with van der Waals surface area (Å²) in [5.74, 6) is -4.70. The molecule has 0 radical (unpaired) electrons. The van der Waals surface area contributed by atoms with Crippen molar-refractivity contribution in [1.29, 1.82) is 0 Å². The number of aromatic nitrogens is 6. The Kier molecular flexibility index (Phi) is 10.1. The van der Waals surface area contributed by atoms with Gasteiger partial charge in [-0.3, -0.25) is 14.6 Å². The number of aryl methyl sites for hydroxylation is 1. The van der Waals surface area contributed by atoms with Crippen LogP contribution in [-0.2, 0) is 36.6 Å². The molecule has 0 saturated carbocycles. The second kappa shape index (κ2) is 13.8. The van der Waals surface area contributed by atoms with Gasteiger partial charge >= 0.3 is 6.36 Å². The number of hydrogen-bond donors (Lipinski definition) is 2. The van der Waals surface area contributed by atoms with Crippen molar-refractivity contribution in [3.8, 4) is 5.75 Å². The Balaban J connectivity index is 1.20. The van der Waals surface area contributed by atoms with E-state index in [0.29, 0.717) is 10.6 Å². The summed E-state index contributed by atoms with van der Waals surface area (Å²) < 4.78 is 83.8. The van der Waals surface area contributed by atoms with Crippen molar-refractivity contribution in [1.82, 2.24) is 35.5 Å². The normalized spacial score (nSPS) is 12.5. The van der Waals surface area contributed by atoms with E-state index in [-0.39, 0.29) is 54.3 Å². The Labute approximate surface area is 249 Å². The predicted molar refractivity (Wildman–Crippen MR) is 144 cm³/mol. The molecule has 0 fully saturated rings. The lowest BCUT2D eigenvalue weighted by Crippen LogP contribution is -2.23. The van der Waals surface area contributed by atoms with Crippen molar-refractivity contribution in [2.75, 3.05) is 5.32 Å². The standard InChI is InChI=1S/C26H24F6N8O3S/c1-25(28,29)17-7-16(10-33-12-17)11-34-23(42)20-14-40(39-36-20)13-18(27)5-6-22-37-38-24(44-22)35-21(41)9-15-3-2-4-19(8-15)43-26(30,31)32/h2-4,7-8,10,12,14,18H,5-6,9,11,13H2,1H3,(H,34,42)(H,35,38,41). The number of nitrogens with one attached hydrogen (secondary N) is 2. The molecule has 0 spiro atoms. The monoisotopic (exact) mass is 642 g/mol. The maximum Gasteiger partial charge on any atom is 0.573 e. The summed E-state index contributed by atoms with van der Waals surface area (Å²) in [6, 6.07) is 6.24. The third-order valence-corrected chi connectivity index (χ3v) is 6.69. The van der Waals surface area contributed by atoms with Crippen LogP contribution in [0.25, 0.3) is 0 Å². The molecule has 4 aromatic rings. The SMILES string of the molecule is CC(F)(F)c1cncc(CNC(=O)c2cn(CC(F)CCc3nnc(NC(=O)Cc4cccc(OC(F)(F)F)c4)s3)nn2)c1. The van der Waals surface area contributed by atoms with Gasteiger partial charge in [0, 0.05) is 37.8 Å². The molecule has 11 nitrogen and oxygen atoms in total. The molecule has 18 heteroatoms. The zero-order valence-corrected chi connectivity index (χ0v) is 23.6. The van der Waals surface area contributed by atoms with E-state index < -0.39 is 36.0 Å². The fraction of sp³-hybridized carbons (Fsp3) is 0.346. The van der Waals surface area contributed by atoms with E-state index in [4.69, 9.17) is 0 Å². The van der Waals surface area contributed by atoms with Gasteiger partial charge in [-0.25, -0.2) is 17.9 Å². The number of halogens is 6. The van der Waals surface area contributed by atoms with Gasteiger partial charge < -0.3 is 15.4 Å². The molecule has 3 heterocycles. The minimum absolute atomic E-state index is 0.0152. The summed E-state index contributed by atoms with van der Waals surface area (Å²) in [7, 11) is 0. The minimum atomic E-state index is -4.86. The lowest BCUT2D eigenvalue weighted by atomic mass is 10.1. The molecule has 2 N–H and O–H groups in total. The van der Waals surface area contributed by atoms with Gasteiger partial charge in [0.2, 0.25) is 11.0 Å². The highest BCUT2D eigenvalue weighted by Gasteiger charge is 2.31. The molecule has 0 aliphatic carbocycles. The number of ether oxygens (including phenoxy) is 1. The van der Waals surface area contributed by atoms with Crippen LogP contribution >= 0.6 is 11.3 Å². The number of amides is 2. The average molecular weight is 643 g/mol. The van der Waals surface area contributed by atoms with Gasteiger partial charge in [0.15, 0.2) is 5.69 Å². The van der Waals surface area contributed by atoms with E-state index in [1.807, 2.05) is 0 Å². The average Bonchev–Trinajstić information content (AvgIpc) is 3.59. The van der Waals surface area contributed by atoms with Crippen LogP contribution in [0, 0.1) is 0 Å². The smallest absolute Gasteiger partial charge is 0.406 e. The molecular weight excluding hydrogens is 618 g/mol. The lowest BCUT2D eigenvalue weighted by Gasteiger charge is -2.11. The maximum absolute atomic E-state index is 14.6. The van der Waals surface area contributed by atoms with E-state index in [9.17, 15) is 35.9 Å². The van der Waals surface area contributed by atoms with Crippen LogP contribution in [0.4, 0.5) is 31.5 Å². The molecule has 0 aliphatic heterocycles. The number of nitrogens with zero attached hydrogens (tertiary/aromatic N) is 6. The van der Waals surface area contributed by atoms with Crippen LogP contribution in [0.2, 0.25) is 0 Å². The molecule has 0 saturated heterocycles. The first-order valence-electron chi connectivity index (χ1n) is 12.8. The van der Waals surface area contributed by atoms with Crippen molar-refractivity contribution in [2.24, 2.45) is 0 Å². The van der Waals surface area contributed by atoms with E-state index in [0.717, 1.165) is 41.3 Å². The Bertz CT molecular complexity index is 1590. The molecule has 0 aliphatic rings. The number of carbonyl (C=O) groups is 2. The highest BCUT2D eigenvalue weighted by molar-refractivity contribution is 7.15. The number of anilines is 1. The van der Waals surface area contributed by atoms with Crippen LogP contribution in [0.3, 0.4) is 0 Å². The Hall–Kier alpha value is -4.61. The van der Waals surface area contributed by atoms with Gasteiger partial charge in [-0.15, -0.1) is 28.5 Å². The van der Waals surface area contributed by atoms with Gasteiger partial charge in [-0.1, -0.05) is 28.7 Å². The summed E-state index contributed by atoms with van der Waals surface area (Å²) in [6.45, 7) is 0.448. The molecule has 1 aromatic carbocycles. The molecule has 1 unspecified atom stereocenters. The highest BCUT2D eigenvalue weighted by Crippen LogP contribution is 2.27. The molecule has 3 aromatic heterocycles. The van der Waals surface area contributed by atoms with Crippen molar-refractivity contribution in [2.45, 2.75) is 57.7 Å². The third kappa shape index (κ3) is 9.99.